The normalized spacial score (nSPS) is 11.5. The third-order valence-electron chi connectivity index (χ3n) is 3.37. The molecule has 0 bridgehead atoms. The highest BCUT2D eigenvalue weighted by Crippen LogP contribution is 2.27. The van der Waals surface area contributed by atoms with E-state index >= 15 is 0 Å². The van der Waals surface area contributed by atoms with Gasteiger partial charge in [-0.3, -0.25) is 0 Å². The van der Waals surface area contributed by atoms with Crippen molar-refractivity contribution in [2.45, 2.75) is 12.6 Å². The van der Waals surface area contributed by atoms with Crippen LogP contribution in [0.3, 0.4) is 0 Å². The molecule has 0 amide bonds. The highest BCUT2D eigenvalue weighted by atomic mass is 35.5. The average molecular weight is 358 g/mol. The third kappa shape index (κ3) is 5.59. The van der Waals surface area contributed by atoms with Crippen LogP contribution in [0.5, 0.6) is 11.5 Å². The van der Waals surface area contributed by atoms with Crippen LogP contribution in [0.15, 0.2) is 42.5 Å². The number of benzene rings is 2. The predicted octanol–water partition coefficient (Wildman–Crippen LogP) is 3.60. The summed E-state index contributed by atoms with van der Waals surface area (Å²) in [5, 5.41) is 14.0. The minimum absolute atomic E-state index is 0. The van der Waals surface area contributed by atoms with Crippen molar-refractivity contribution >= 4 is 24.0 Å². The summed E-state index contributed by atoms with van der Waals surface area (Å²) >= 11 is 5.83. The van der Waals surface area contributed by atoms with Gasteiger partial charge in [0.1, 0.15) is 0 Å². The molecule has 0 saturated heterocycles. The Balaban J connectivity index is 0.00000264. The molecule has 6 heteroatoms. The zero-order valence-electron chi connectivity index (χ0n) is 13.1. The van der Waals surface area contributed by atoms with E-state index in [0.717, 1.165) is 11.1 Å². The van der Waals surface area contributed by atoms with Crippen LogP contribution >= 0.6 is 24.0 Å². The topological polar surface area (TPSA) is 50.7 Å². The fraction of sp³-hybridized carbons (Fsp3) is 0.294. The number of ether oxygens (including phenoxy) is 2. The summed E-state index contributed by atoms with van der Waals surface area (Å²) in [4.78, 5) is 0. The Morgan fingerprint density at radius 1 is 1.04 bits per heavy atom. The molecular weight excluding hydrogens is 337 g/mol. The molecule has 0 heterocycles. The minimum Gasteiger partial charge on any atom is -0.493 e. The molecule has 0 aliphatic carbocycles. The maximum atomic E-state index is 10.1. The molecule has 1 unspecified atom stereocenters. The zero-order valence-corrected chi connectivity index (χ0v) is 14.7. The minimum atomic E-state index is -0.572. The lowest BCUT2D eigenvalue weighted by Gasteiger charge is -2.13. The van der Waals surface area contributed by atoms with Crippen LogP contribution in [-0.2, 0) is 6.54 Å². The van der Waals surface area contributed by atoms with E-state index in [4.69, 9.17) is 21.1 Å². The second-order valence-electron chi connectivity index (χ2n) is 4.89. The lowest BCUT2D eigenvalue weighted by atomic mass is 10.1. The highest BCUT2D eigenvalue weighted by Gasteiger charge is 2.08. The van der Waals surface area contributed by atoms with E-state index in [1.54, 1.807) is 26.4 Å². The average Bonchev–Trinajstić information content (AvgIpc) is 2.55. The van der Waals surface area contributed by atoms with Crippen LogP contribution in [0.2, 0.25) is 5.02 Å². The second kappa shape index (κ2) is 9.63. The molecule has 0 saturated carbocycles. The van der Waals surface area contributed by atoms with Crippen molar-refractivity contribution < 1.29 is 14.6 Å². The molecule has 0 aliphatic rings. The Morgan fingerprint density at radius 3 is 2.30 bits per heavy atom. The van der Waals surface area contributed by atoms with Crippen molar-refractivity contribution in [2.24, 2.45) is 0 Å². The molecule has 0 aromatic heterocycles. The molecule has 2 rings (SSSR count). The molecule has 2 N–H and O–H groups in total. The lowest BCUT2D eigenvalue weighted by Crippen LogP contribution is -2.21. The Morgan fingerprint density at radius 2 is 1.70 bits per heavy atom. The van der Waals surface area contributed by atoms with Crippen molar-refractivity contribution in [1.29, 1.82) is 0 Å². The van der Waals surface area contributed by atoms with E-state index in [9.17, 15) is 5.11 Å². The van der Waals surface area contributed by atoms with Crippen molar-refractivity contribution in [1.82, 2.24) is 5.32 Å². The third-order valence-corrected chi connectivity index (χ3v) is 3.62. The Kier molecular flexibility index (Phi) is 8.20. The van der Waals surface area contributed by atoms with E-state index in [1.807, 2.05) is 30.3 Å². The van der Waals surface area contributed by atoms with Crippen molar-refractivity contribution in [2.75, 3.05) is 20.8 Å². The summed E-state index contributed by atoms with van der Waals surface area (Å²) in [5.74, 6) is 1.40. The lowest BCUT2D eigenvalue weighted by molar-refractivity contribution is 0.174. The predicted molar refractivity (Wildman–Crippen MR) is 94.9 cm³/mol. The maximum Gasteiger partial charge on any atom is 0.161 e. The molecule has 0 aliphatic heterocycles. The van der Waals surface area contributed by atoms with E-state index < -0.39 is 6.10 Å². The quantitative estimate of drug-likeness (QED) is 0.794. The number of hydrogen-bond acceptors (Lipinski definition) is 4. The monoisotopic (exact) mass is 357 g/mol. The number of halogens is 2. The fourth-order valence-electron chi connectivity index (χ4n) is 2.15. The summed E-state index contributed by atoms with van der Waals surface area (Å²) in [6, 6.07) is 12.9. The molecule has 0 radical (unpaired) electrons. The summed E-state index contributed by atoms with van der Waals surface area (Å²) in [7, 11) is 3.22. The molecule has 0 spiro atoms. The number of methoxy groups -OCH3 is 2. The highest BCUT2D eigenvalue weighted by molar-refractivity contribution is 6.30. The van der Waals surface area contributed by atoms with E-state index in [0.29, 0.717) is 29.6 Å². The maximum absolute atomic E-state index is 10.1. The molecular formula is C17H21Cl2NO3. The van der Waals surface area contributed by atoms with Crippen LogP contribution in [0.4, 0.5) is 0 Å². The molecule has 4 nitrogen and oxygen atoms in total. The molecule has 1 atom stereocenters. The molecule has 2 aromatic carbocycles. The van der Waals surface area contributed by atoms with Gasteiger partial charge in [0.2, 0.25) is 0 Å². The van der Waals surface area contributed by atoms with E-state index in [2.05, 4.69) is 5.32 Å². The van der Waals surface area contributed by atoms with Gasteiger partial charge in [-0.1, -0.05) is 29.8 Å². The summed E-state index contributed by atoms with van der Waals surface area (Å²) in [5.41, 5.74) is 1.89. The first kappa shape index (κ1) is 19.6. The van der Waals surface area contributed by atoms with Gasteiger partial charge < -0.3 is 19.9 Å². The van der Waals surface area contributed by atoms with Crippen LogP contribution < -0.4 is 14.8 Å². The first-order valence-electron chi connectivity index (χ1n) is 6.99. The Labute approximate surface area is 147 Å². The van der Waals surface area contributed by atoms with Gasteiger partial charge in [-0.25, -0.2) is 0 Å². The fourth-order valence-corrected chi connectivity index (χ4v) is 2.27. The van der Waals surface area contributed by atoms with Crippen LogP contribution in [-0.4, -0.2) is 25.9 Å². The number of rotatable bonds is 7. The molecule has 126 valence electrons. The standard InChI is InChI=1S/C17H20ClNO3.ClH/c1-21-16-8-3-12(9-17(16)22-2)10-19-11-15(20)13-4-6-14(18)7-5-13;/h3-9,15,19-20H,10-11H2,1-2H3;1H. The first-order valence-corrected chi connectivity index (χ1v) is 7.37. The van der Waals surface area contributed by atoms with Gasteiger partial charge in [0.25, 0.3) is 0 Å². The van der Waals surface area contributed by atoms with Crippen molar-refractivity contribution in [3.63, 3.8) is 0 Å². The number of nitrogens with one attached hydrogen (secondary N) is 1. The number of aliphatic hydroxyl groups excluding tert-OH is 1. The van der Waals surface area contributed by atoms with Gasteiger partial charge in [0.05, 0.1) is 20.3 Å². The Bertz CT molecular complexity index is 605. The largest absolute Gasteiger partial charge is 0.493 e. The van der Waals surface area contributed by atoms with Gasteiger partial charge in [0.15, 0.2) is 11.5 Å². The van der Waals surface area contributed by atoms with E-state index in [1.165, 1.54) is 0 Å². The zero-order chi connectivity index (χ0) is 15.9. The van der Waals surface area contributed by atoms with Gasteiger partial charge in [-0.15, -0.1) is 12.4 Å². The van der Waals surface area contributed by atoms with Gasteiger partial charge >= 0.3 is 0 Å². The molecule has 2 aromatic rings. The molecule has 0 fully saturated rings. The van der Waals surface area contributed by atoms with Crippen molar-refractivity contribution in [3.05, 3.63) is 58.6 Å². The van der Waals surface area contributed by atoms with E-state index in [-0.39, 0.29) is 12.4 Å². The van der Waals surface area contributed by atoms with Crippen LogP contribution in [0.25, 0.3) is 0 Å². The Hall–Kier alpha value is -1.46. The van der Waals surface area contributed by atoms with Gasteiger partial charge in [-0.2, -0.15) is 0 Å². The number of aliphatic hydroxyl groups is 1. The van der Waals surface area contributed by atoms with Crippen LogP contribution in [0, 0.1) is 0 Å². The SMILES string of the molecule is COc1ccc(CNCC(O)c2ccc(Cl)cc2)cc1OC.Cl. The summed E-state index contributed by atoms with van der Waals surface area (Å²) in [6.07, 6.45) is -0.572. The summed E-state index contributed by atoms with van der Waals surface area (Å²) in [6.45, 7) is 1.08. The summed E-state index contributed by atoms with van der Waals surface area (Å²) < 4.78 is 10.5. The van der Waals surface area contributed by atoms with Crippen LogP contribution in [0.1, 0.15) is 17.2 Å². The van der Waals surface area contributed by atoms with Crippen molar-refractivity contribution in [3.8, 4) is 11.5 Å². The first-order chi connectivity index (χ1) is 10.6. The van der Waals surface area contributed by atoms with Gasteiger partial charge in [-0.05, 0) is 35.4 Å². The van der Waals surface area contributed by atoms with Gasteiger partial charge in [0, 0.05) is 18.1 Å². The number of hydrogen-bond donors (Lipinski definition) is 2. The smallest absolute Gasteiger partial charge is 0.161 e. The second-order valence-corrected chi connectivity index (χ2v) is 5.32. The molecule has 23 heavy (non-hydrogen) atoms.